The molecule has 1 aromatic heterocycles. The summed E-state index contributed by atoms with van der Waals surface area (Å²) >= 11 is 0. The number of benzene rings is 2. The van der Waals surface area contributed by atoms with Gasteiger partial charge in [0.15, 0.2) is 0 Å². The lowest BCUT2D eigenvalue weighted by Gasteiger charge is -2.38. The number of carboxylic acids is 1. The van der Waals surface area contributed by atoms with Crippen LogP contribution in [0.4, 0.5) is 5.69 Å². The highest BCUT2D eigenvalue weighted by Crippen LogP contribution is 2.31. The highest BCUT2D eigenvalue weighted by molar-refractivity contribution is 5.89. The topological polar surface area (TPSA) is 68.8 Å². The molecular formula is C22H25N3O3. The number of nitrogens with zero attached hydrogens (tertiary/aromatic N) is 2. The molecule has 1 saturated heterocycles. The van der Waals surface area contributed by atoms with Crippen LogP contribution in [-0.2, 0) is 4.79 Å². The van der Waals surface area contributed by atoms with Gasteiger partial charge in [-0.15, -0.1) is 0 Å². The molecule has 6 heteroatoms. The number of H-pyrrole nitrogens is 1. The highest BCUT2D eigenvalue weighted by atomic mass is 16.5. The van der Waals surface area contributed by atoms with Crippen LogP contribution in [0, 0.1) is 6.92 Å². The lowest BCUT2D eigenvalue weighted by Crippen LogP contribution is -2.49. The Kier molecular flexibility index (Phi) is 4.96. The van der Waals surface area contributed by atoms with Crippen molar-refractivity contribution < 1.29 is 14.6 Å². The first-order valence-electron chi connectivity index (χ1n) is 9.50. The number of rotatable bonds is 5. The molecule has 0 amide bonds. The van der Waals surface area contributed by atoms with Crippen LogP contribution in [0.5, 0.6) is 5.75 Å². The molecule has 1 aliphatic rings. The van der Waals surface area contributed by atoms with Gasteiger partial charge in [-0.25, -0.2) is 0 Å². The van der Waals surface area contributed by atoms with E-state index in [1.807, 2.05) is 49.5 Å². The van der Waals surface area contributed by atoms with Crippen molar-refractivity contribution in [2.24, 2.45) is 0 Å². The van der Waals surface area contributed by atoms with Crippen molar-refractivity contribution in [2.75, 3.05) is 38.2 Å². The fourth-order valence-electron chi connectivity index (χ4n) is 4.00. The number of ether oxygens (including phenoxy) is 1. The molecule has 0 bridgehead atoms. The van der Waals surface area contributed by atoms with Gasteiger partial charge in [0.25, 0.3) is 0 Å². The summed E-state index contributed by atoms with van der Waals surface area (Å²) in [7, 11) is 1.66. The number of hydrogen-bond acceptors (Lipinski definition) is 4. The third kappa shape index (κ3) is 3.43. The van der Waals surface area contributed by atoms with Crippen molar-refractivity contribution in [3.8, 4) is 5.75 Å². The summed E-state index contributed by atoms with van der Waals surface area (Å²) in [6.07, 6.45) is 1.85. The van der Waals surface area contributed by atoms with Gasteiger partial charge in [-0.2, -0.15) is 0 Å². The standard InChI is InChI=1S/C22H25N3O3/c1-15-3-8-20-18(13-15)19(14-23-20)21(22(26)27)25-11-9-24(10-12-25)16-4-6-17(28-2)7-5-16/h3-8,13-14,21,23H,9-12H2,1-2H3,(H,26,27). The second-order valence-corrected chi connectivity index (χ2v) is 7.25. The average Bonchev–Trinajstić information content (AvgIpc) is 3.11. The SMILES string of the molecule is COc1ccc(N2CCN(C(C(=O)O)c3c[nH]c4ccc(C)cc34)CC2)cc1. The van der Waals surface area contributed by atoms with Gasteiger partial charge in [-0.3, -0.25) is 9.69 Å². The molecule has 28 heavy (non-hydrogen) atoms. The number of aryl methyl sites for hydroxylation is 1. The predicted molar refractivity (Wildman–Crippen MR) is 110 cm³/mol. The number of nitrogens with one attached hydrogen (secondary N) is 1. The molecule has 1 fully saturated rings. The minimum absolute atomic E-state index is 0.645. The minimum Gasteiger partial charge on any atom is -0.497 e. The minimum atomic E-state index is -0.805. The Hall–Kier alpha value is -2.99. The molecule has 6 nitrogen and oxygen atoms in total. The number of hydrogen-bond donors (Lipinski definition) is 2. The van der Waals surface area contributed by atoms with Gasteiger partial charge < -0.3 is 19.7 Å². The molecule has 4 rings (SSSR count). The Balaban J connectivity index is 1.53. The normalized spacial score (nSPS) is 16.3. The van der Waals surface area contributed by atoms with Crippen molar-refractivity contribution in [3.05, 3.63) is 59.8 Å². The van der Waals surface area contributed by atoms with E-state index in [4.69, 9.17) is 4.74 Å². The molecule has 1 atom stereocenters. The van der Waals surface area contributed by atoms with Gasteiger partial charge >= 0.3 is 5.97 Å². The van der Waals surface area contributed by atoms with E-state index in [9.17, 15) is 9.90 Å². The molecule has 1 aliphatic heterocycles. The van der Waals surface area contributed by atoms with Gasteiger partial charge in [-0.1, -0.05) is 11.6 Å². The number of aliphatic carboxylic acids is 1. The van der Waals surface area contributed by atoms with E-state index in [1.165, 1.54) is 0 Å². The second kappa shape index (κ2) is 7.56. The van der Waals surface area contributed by atoms with Crippen LogP contribution in [0.25, 0.3) is 10.9 Å². The predicted octanol–water partition coefficient (Wildman–Crippen LogP) is 3.43. The highest BCUT2D eigenvalue weighted by Gasteiger charge is 2.32. The maximum atomic E-state index is 12.2. The largest absolute Gasteiger partial charge is 0.497 e. The first-order chi connectivity index (χ1) is 13.6. The van der Waals surface area contributed by atoms with Crippen LogP contribution in [-0.4, -0.2) is 54.2 Å². The van der Waals surface area contributed by atoms with Crippen LogP contribution >= 0.6 is 0 Å². The number of methoxy groups -OCH3 is 1. The van der Waals surface area contributed by atoms with E-state index in [1.54, 1.807) is 7.11 Å². The number of anilines is 1. The summed E-state index contributed by atoms with van der Waals surface area (Å²) in [5.74, 6) is 0.0308. The van der Waals surface area contributed by atoms with E-state index in [0.29, 0.717) is 13.1 Å². The number of fused-ring (bicyclic) bond motifs is 1. The summed E-state index contributed by atoms with van der Waals surface area (Å²) in [5, 5.41) is 11.0. The Morgan fingerprint density at radius 1 is 1.11 bits per heavy atom. The smallest absolute Gasteiger partial charge is 0.325 e. The van der Waals surface area contributed by atoms with Crippen molar-refractivity contribution in [1.29, 1.82) is 0 Å². The fourth-order valence-corrected chi connectivity index (χ4v) is 4.00. The van der Waals surface area contributed by atoms with Gasteiger partial charge in [0.1, 0.15) is 11.8 Å². The molecule has 2 N–H and O–H groups in total. The molecule has 0 spiro atoms. The Morgan fingerprint density at radius 3 is 2.46 bits per heavy atom. The van der Waals surface area contributed by atoms with E-state index in [2.05, 4.69) is 20.9 Å². The second-order valence-electron chi connectivity index (χ2n) is 7.25. The van der Waals surface area contributed by atoms with Crippen LogP contribution in [0.3, 0.4) is 0 Å². The Bertz CT molecular complexity index is 972. The molecule has 146 valence electrons. The van der Waals surface area contributed by atoms with Gasteiger partial charge in [0.2, 0.25) is 0 Å². The van der Waals surface area contributed by atoms with Gasteiger partial charge in [0, 0.05) is 54.5 Å². The zero-order valence-corrected chi connectivity index (χ0v) is 16.2. The molecule has 0 saturated carbocycles. The van der Waals surface area contributed by atoms with Crippen molar-refractivity contribution >= 4 is 22.6 Å². The molecular weight excluding hydrogens is 354 g/mol. The van der Waals surface area contributed by atoms with Crippen LogP contribution in [0.1, 0.15) is 17.2 Å². The first kappa shape index (κ1) is 18.4. The number of aromatic amines is 1. The number of piperazine rings is 1. The molecule has 2 aromatic carbocycles. The molecule has 0 aliphatic carbocycles. The zero-order valence-electron chi connectivity index (χ0n) is 16.2. The maximum Gasteiger partial charge on any atom is 0.325 e. The summed E-state index contributed by atoms with van der Waals surface area (Å²) in [5.41, 5.74) is 4.07. The summed E-state index contributed by atoms with van der Waals surface area (Å²) in [6, 6.07) is 13.5. The average molecular weight is 379 g/mol. The van der Waals surface area contributed by atoms with Crippen molar-refractivity contribution in [3.63, 3.8) is 0 Å². The van der Waals surface area contributed by atoms with Crippen molar-refractivity contribution in [1.82, 2.24) is 9.88 Å². The Morgan fingerprint density at radius 2 is 1.82 bits per heavy atom. The van der Waals surface area contributed by atoms with E-state index in [0.717, 1.165) is 46.6 Å². The van der Waals surface area contributed by atoms with Gasteiger partial charge in [0.05, 0.1) is 7.11 Å². The molecule has 1 unspecified atom stereocenters. The quantitative estimate of drug-likeness (QED) is 0.711. The van der Waals surface area contributed by atoms with Crippen molar-refractivity contribution in [2.45, 2.75) is 13.0 Å². The zero-order chi connectivity index (χ0) is 19.7. The number of aromatic nitrogens is 1. The monoisotopic (exact) mass is 379 g/mol. The third-order valence-electron chi connectivity index (χ3n) is 5.51. The van der Waals surface area contributed by atoms with Crippen LogP contribution < -0.4 is 9.64 Å². The summed E-state index contributed by atoms with van der Waals surface area (Å²) in [6.45, 7) is 5.00. The van der Waals surface area contributed by atoms with Crippen LogP contribution in [0.2, 0.25) is 0 Å². The molecule has 3 aromatic rings. The Labute approximate surface area is 164 Å². The fraction of sp³-hybridized carbons (Fsp3) is 0.318. The maximum absolute atomic E-state index is 12.2. The summed E-state index contributed by atoms with van der Waals surface area (Å²) < 4.78 is 5.22. The van der Waals surface area contributed by atoms with Gasteiger partial charge in [-0.05, 0) is 43.3 Å². The lowest BCUT2D eigenvalue weighted by atomic mass is 10.0. The van der Waals surface area contributed by atoms with Crippen LogP contribution in [0.15, 0.2) is 48.7 Å². The number of carboxylic acid groups (broad SMARTS) is 1. The number of carbonyl (C=O) groups is 1. The lowest BCUT2D eigenvalue weighted by molar-refractivity contribution is -0.143. The van der Waals surface area contributed by atoms with E-state index >= 15 is 0 Å². The summed E-state index contributed by atoms with van der Waals surface area (Å²) in [4.78, 5) is 19.7. The van der Waals surface area contributed by atoms with E-state index in [-0.39, 0.29) is 0 Å². The molecule has 0 radical (unpaired) electrons. The molecule has 2 heterocycles. The first-order valence-corrected chi connectivity index (χ1v) is 9.50. The third-order valence-corrected chi connectivity index (χ3v) is 5.51. The van der Waals surface area contributed by atoms with E-state index < -0.39 is 12.0 Å².